The van der Waals surface area contributed by atoms with Gasteiger partial charge in [-0.25, -0.2) is 9.29 Å². The number of phenolic OH excluding ortho intramolecular Hbond substituents is 1. The molecule has 2 aliphatic heterocycles. The van der Waals surface area contributed by atoms with Crippen LogP contribution in [0.2, 0.25) is 0 Å². The van der Waals surface area contributed by atoms with E-state index in [1.807, 2.05) is 13.0 Å². The molecule has 1 saturated carbocycles. The number of rotatable bonds is 6. The molecule has 4 amide bonds. The van der Waals surface area contributed by atoms with Gasteiger partial charge in [0.15, 0.2) is 21.2 Å². The van der Waals surface area contributed by atoms with Gasteiger partial charge in [-0.1, -0.05) is 36.8 Å². The molecule has 2 saturated heterocycles. The van der Waals surface area contributed by atoms with Crippen molar-refractivity contribution >= 4 is 58.6 Å². The number of likely N-dealkylation sites (tertiary alicyclic amines) is 1. The van der Waals surface area contributed by atoms with E-state index in [-0.39, 0.29) is 41.8 Å². The first-order chi connectivity index (χ1) is 20.5. The van der Waals surface area contributed by atoms with Crippen LogP contribution in [0.4, 0.5) is 10.1 Å². The molecule has 3 fully saturated rings. The molecule has 4 aliphatic rings. The minimum atomic E-state index is -2.00. The molecular formula is C32H29Cl2FN2O6. The Kier molecular flexibility index (Phi) is 7.17. The van der Waals surface area contributed by atoms with E-state index < -0.39 is 51.1 Å². The molecule has 2 aromatic rings. The van der Waals surface area contributed by atoms with Crippen molar-refractivity contribution in [3.05, 3.63) is 71.6 Å². The van der Waals surface area contributed by atoms with E-state index in [9.17, 15) is 28.7 Å². The summed E-state index contributed by atoms with van der Waals surface area (Å²) in [6.45, 7) is 2.17. The van der Waals surface area contributed by atoms with Gasteiger partial charge < -0.3 is 9.84 Å². The highest BCUT2D eigenvalue weighted by Crippen LogP contribution is 2.63. The minimum absolute atomic E-state index is 0.0560. The van der Waals surface area contributed by atoms with E-state index in [1.54, 1.807) is 24.3 Å². The zero-order chi connectivity index (χ0) is 30.8. The Labute approximate surface area is 257 Å². The Morgan fingerprint density at radius 2 is 1.77 bits per heavy atom. The van der Waals surface area contributed by atoms with E-state index in [2.05, 4.69) is 0 Å². The van der Waals surface area contributed by atoms with Crippen molar-refractivity contribution in [2.45, 2.75) is 35.9 Å². The molecule has 8 nitrogen and oxygen atoms in total. The molecule has 0 radical (unpaired) electrons. The SMILES string of the molecule is CCCN1C(=O)[C@H]2[C@H](CC=C3[C@H]2C[C@@]2(Cl)C(=O)N(c4ccc(F)cc4)C(=O)[C@@]2(Cl)[C@H]3C=Cc2ccc(O)c(OC)c2)C1=O. The number of methoxy groups -OCH3 is 1. The van der Waals surface area contributed by atoms with Gasteiger partial charge >= 0.3 is 0 Å². The maximum Gasteiger partial charge on any atom is 0.258 e. The number of aromatic hydroxyl groups is 1. The van der Waals surface area contributed by atoms with Crippen molar-refractivity contribution < 1.29 is 33.4 Å². The summed E-state index contributed by atoms with van der Waals surface area (Å²) in [6, 6.07) is 9.58. The van der Waals surface area contributed by atoms with Crippen molar-refractivity contribution in [3.63, 3.8) is 0 Å². The number of nitrogens with zero attached hydrogens (tertiary/aromatic N) is 2. The summed E-state index contributed by atoms with van der Waals surface area (Å²) in [7, 11) is 1.42. The smallest absolute Gasteiger partial charge is 0.258 e. The van der Waals surface area contributed by atoms with Gasteiger partial charge in [0.25, 0.3) is 11.8 Å². The van der Waals surface area contributed by atoms with Crippen molar-refractivity contribution in [2.24, 2.45) is 23.7 Å². The van der Waals surface area contributed by atoms with E-state index in [1.165, 1.54) is 30.2 Å². The first-order valence-corrected chi connectivity index (χ1v) is 14.9. The fourth-order valence-corrected chi connectivity index (χ4v) is 8.05. The average molecular weight is 627 g/mol. The number of halogens is 3. The summed E-state index contributed by atoms with van der Waals surface area (Å²) in [5.74, 6) is -5.38. The number of alkyl halides is 2. The highest BCUT2D eigenvalue weighted by atomic mass is 35.5. The predicted octanol–water partition coefficient (Wildman–Crippen LogP) is 5.06. The fourth-order valence-electron chi connectivity index (χ4n) is 7.16. The van der Waals surface area contributed by atoms with Crippen LogP contribution in [0, 0.1) is 29.5 Å². The number of anilines is 1. The molecule has 1 N–H and O–H groups in total. The van der Waals surface area contributed by atoms with Gasteiger partial charge in [-0.05, 0) is 67.1 Å². The molecule has 2 heterocycles. The summed E-state index contributed by atoms with van der Waals surface area (Å²) in [4.78, 5) is 53.5. The molecule has 11 heteroatoms. The monoisotopic (exact) mass is 626 g/mol. The van der Waals surface area contributed by atoms with E-state index in [0.717, 1.165) is 17.0 Å². The molecule has 2 aliphatic carbocycles. The number of carbonyl (C=O) groups is 4. The molecule has 6 atom stereocenters. The number of hydrogen-bond acceptors (Lipinski definition) is 6. The quantitative estimate of drug-likeness (QED) is 0.273. The van der Waals surface area contributed by atoms with Crippen molar-refractivity contribution in [2.75, 3.05) is 18.6 Å². The summed E-state index contributed by atoms with van der Waals surface area (Å²) in [5.41, 5.74) is 1.39. The summed E-state index contributed by atoms with van der Waals surface area (Å²) in [6.07, 6.45) is 5.98. The summed E-state index contributed by atoms with van der Waals surface area (Å²) in [5, 5.41) is 10.0. The van der Waals surface area contributed by atoms with Crippen LogP contribution in [0.15, 0.2) is 60.2 Å². The first kappa shape index (κ1) is 29.4. The molecule has 2 aromatic carbocycles. The lowest BCUT2D eigenvalue weighted by atomic mass is 9.57. The average Bonchev–Trinajstić information content (AvgIpc) is 3.32. The zero-order valence-corrected chi connectivity index (χ0v) is 24.9. The van der Waals surface area contributed by atoms with Gasteiger partial charge in [0.1, 0.15) is 5.82 Å². The Morgan fingerprint density at radius 3 is 2.44 bits per heavy atom. The van der Waals surface area contributed by atoms with E-state index >= 15 is 0 Å². The van der Waals surface area contributed by atoms with Gasteiger partial charge in [0, 0.05) is 12.5 Å². The van der Waals surface area contributed by atoms with Crippen LogP contribution < -0.4 is 9.64 Å². The molecule has 0 unspecified atom stereocenters. The highest BCUT2D eigenvalue weighted by molar-refractivity contribution is 6.58. The van der Waals surface area contributed by atoms with Crippen LogP contribution in [-0.4, -0.2) is 57.0 Å². The van der Waals surface area contributed by atoms with Gasteiger partial charge in [-0.15, -0.1) is 23.2 Å². The third-order valence-corrected chi connectivity index (χ3v) is 10.6. The third-order valence-electron chi connectivity index (χ3n) is 9.18. The molecule has 224 valence electrons. The molecule has 6 rings (SSSR count). The van der Waals surface area contributed by atoms with Crippen LogP contribution in [0.25, 0.3) is 6.08 Å². The maximum atomic E-state index is 14.2. The van der Waals surface area contributed by atoms with Crippen molar-refractivity contribution in [1.29, 1.82) is 0 Å². The topological polar surface area (TPSA) is 104 Å². The Morgan fingerprint density at radius 1 is 1.05 bits per heavy atom. The second kappa shape index (κ2) is 10.5. The Bertz CT molecular complexity index is 1610. The molecule has 0 aromatic heterocycles. The Hall–Kier alpha value is -3.69. The Balaban J connectivity index is 1.50. The van der Waals surface area contributed by atoms with Crippen LogP contribution in [0.3, 0.4) is 0 Å². The number of imide groups is 2. The third kappa shape index (κ3) is 4.15. The van der Waals surface area contributed by atoms with Gasteiger partial charge in [0.05, 0.1) is 24.6 Å². The second-order valence-corrected chi connectivity index (χ2v) is 12.7. The summed E-state index contributed by atoms with van der Waals surface area (Å²) < 4.78 is 19.0. The lowest BCUT2D eigenvalue weighted by Crippen LogP contribution is -2.60. The second-order valence-electron chi connectivity index (χ2n) is 11.4. The van der Waals surface area contributed by atoms with Crippen LogP contribution in [0.5, 0.6) is 11.5 Å². The number of amides is 4. The van der Waals surface area contributed by atoms with Crippen LogP contribution in [0.1, 0.15) is 31.7 Å². The van der Waals surface area contributed by atoms with Gasteiger partial charge in [0.2, 0.25) is 11.8 Å². The lowest BCUT2D eigenvalue weighted by Gasteiger charge is -2.49. The van der Waals surface area contributed by atoms with Crippen molar-refractivity contribution in [1.82, 2.24) is 4.90 Å². The van der Waals surface area contributed by atoms with Gasteiger partial charge in [-0.3, -0.25) is 24.1 Å². The molecular weight excluding hydrogens is 598 g/mol. The van der Waals surface area contributed by atoms with Gasteiger partial charge in [-0.2, -0.15) is 0 Å². The summed E-state index contributed by atoms with van der Waals surface area (Å²) >= 11 is 14.5. The number of carbonyl (C=O) groups excluding carboxylic acids is 4. The van der Waals surface area contributed by atoms with Crippen molar-refractivity contribution in [3.8, 4) is 11.5 Å². The molecule has 0 spiro atoms. The zero-order valence-electron chi connectivity index (χ0n) is 23.4. The molecule has 0 bridgehead atoms. The molecule has 43 heavy (non-hydrogen) atoms. The fraction of sp³-hybridized carbons (Fsp3) is 0.375. The minimum Gasteiger partial charge on any atom is -0.504 e. The van der Waals surface area contributed by atoms with E-state index in [0.29, 0.717) is 24.1 Å². The van der Waals surface area contributed by atoms with E-state index in [4.69, 9.17) is 27.9 Å². The van der Waals surface area contributed by atoms with Crippen LogP contribution >= 0.6 is 23.2 Å². The lowest BCUT2D eigenvalue weighted by molar-refractivity contribution is -0.140. The van der Waals surface area contributed by atoms with Crippen LogP contribution in [-0.2, 0) is 19.2 Å². The first-order valence-electron chi connectivity index (χ1n) is 14.1. The maximum absolute atomic E-state index is 14.2. The predicted molar refractivity (Wildman–Crippen MR) is 158 cm³/mol. The number of fused-ring (bicyclic) bond motifs is 4. The largest absolute Gasteiger partial charge is 0.504 e. The number of ether oxygens (including phenoxy) is 1. The number of phenols is 1. The number of hydrogen-bond donors (Lipinski definition) is 1. The number of allylic oxidation sites excluding steroid dienone is 3. The normalized spacial score (nSPS) is 31.8. The highest BCUT2D eigenvalue weighted by Gasteiger charge is 2.76. The number of benzene rings is 2. The standard InChI is InChI=1S/C32H29Cl2FN2O6/c1-3-14-36-27(39)21-11-10-20-22(26(21)28(36)40)16-31(33)29(41)37(19-8-6-18(35)7-9-19)30(42)32(31,34)23(20)12-4-17-5-13-24(38)25(15-17)43-2/h4-10,12-13,15,21-23,26,38H,3,11,14,16H2,1-2H3/t21-,22+,23-,26-,31+,32-/m0/s1.